The molecular formula is C28H40FN5O2. The van der Waals surface area contributed by atoms with Gasteiger partial charge in [0.2, 0.25) is 5.91 Å². The number of fused-ring (bicyclic) bond motifs is 1. The van der Waals surface area contributed by atoms with Crippen molar-refractivity contribution in [3.05, 3.63) is 53.7 Å². The van der Waals surface area contributed by atoms with E-state index in [4.69, 9.17) is 0 Å². The maximum Gasteiger partial charge on any atom is 0.270 e. The molecule has 2 fully saturated rings. The van der Waals surface area contributed by atoms with Gasteiger partial charge >= 0.3 is 0 Å². The van der Waals surface area contributed by atoms with Crippen molar-refractivity contribution in [1.82, 2.24) is 24.6 Å². The van der Waals surface area contributed by atoms with Gasteiger partial charge in [-0.15, -0.1) is 0 Å². The fourth-order valence-corrected chi connectivity index (χ4v) is 4.70. The highest BCUT2D eigenvalue weighted by molar-refractivity contribution is 5.99. The first-order valence-corrected chi connectivity index (χ1v) is 13.4. The van der Waals surface area contributed by atoms with E-state index in [-0.39, 0.29) is 17.6 Å². The number of nitrogens with one attached hydrogen (secondary N) is 1. The molecule has 1 aromatic carbocycles. The van der Waals surface area contributed by atoms with Gasteiger partial charge in [-0.2, -0.15) is 5.10 Å². The van der Waals surface area contributed by atoms with E-state index in [0.717, 1.165) is 69.2 Å². The number of nitrogens with zero attached hydrogens (tertiary/aromatic N) is 4. The van der Waals surface area contributed by atoms with Crippen LogP contribution in [0.4, 0.5) is 4.39 Å². The van der Waals surface area contributed by atoms with Crippen molar-refractivity contribution < 1.29 is 14.0 Å². The maximum absolute atomic E-state index is 13.8. The number of aryl methyl sites for hydroxylation is 2. The highest BCUT2D eigenvalue weighted by Gasteiger charge is 2.22. The summed E-state index contributed by atoms with van der Waals surface area (Å²) in [5.41, 5.74) is 2.01. The van der Waals surface area contributed by atoms with E-state index in [0.29, 0.717) is 24.2 Å². The molecule has 5 rings (SSSR count). The fraction of sp³-hybridized carbons (Fsp3) is 0.536. The van der Waals surface area contributed by atoms with E-state index >= 15 is 0 Å². The number of piperidine rings is 1. The first-order chi connectivity index (χ1) is 17.6. The summed E-state index contributed by atoms with van der Waals surface area (Å²) in [5, 5.41) is 4.90. The van der Waals surface area contributed by atoms with Crippen LogP contribution in [0.5, 0.6) is 0 Å². The Morgan fingerprint density at radius 3 is 2.31 bits per heavy atom. The zero-order chi connectivity index (χ0) is 25.9. The van der Waals surface area contributed by atoms with Gasteiger partial charge in [0.05, 0.1) is 5.52 Å². The van der Waals surface area contributed by atoms with Gasteiger partial charge in [0.25, 0.3) is 5.91 Å². The average molecular weight is 498 g/mol. The number of amides is 2. The van der Waals surface area contributed by atoms with E-state index in [1.54, 1.807) is 18.3 Å². The lowest BCUT2D eigenvalue weighted by Crippen LogP contribution is -2.36. The quantitative estimate of drug-likeness (QED) is 0.512. The Kier molecular flexibility index (Phi) is 10.5. The minimum atomic E-state index is -0.298. The third kappa shape index (κ3) is 6.95. The third-order valence-corrected chi connectivity index (χ3v) is 6.66. The summed E-state index contributed by atoms with van der Waals surface area (Å²) in [7, 11) is 0. The molecule has 1 N–H and O–H groups in total. The Morgan fingerprint density at radius 1 is 1.00 bits per heavy atom. The zero-order valence-electron chi connectivity index (χ0n) is 21.9. The van der Waals surface area contributed by atoms with Gasteiger partial charge in [0.15, 0.2) is 0 Å². The van der Waals surface area contributed by atoms with Crippen molar-refractivity contribution in [3.63, 3.8) is 0 Å². The van der Waals surface area contributed by atoms with E-state index in [9.17, 15) is 14.0 Å². The van der Waals surface area contributed by atoms with Gasteiger partial charge < -0.3 is 14.8 Å². The summed E-state index contributed by atoms with van der Waals surface area (Å²) in [5.74, 6) is -0.0481. The summed E-state index contributed by atoms with van der Waals surface area (Å²) in [6.07, 6.45) is 10.7. The molecule has 196 valence electrons. The minimum Gasteiger partial charge on any atom is -0.348 e. The standard InChI is InChI=1S/C15H17FN2O.C11H17N3O.C2H6/c1-2-10-5-6-12(16)14-11(10)9-13(17-14)15(19)18-7-3-4-8-18;15-11(13-7-2-1-3-8-13)5-10-14-9-4-6-12-14;1-2/h5-6,9,17H,2-4,7-8H2,1H3;4,6,9H,1-3,5,7-8,10H2;1-2H3. The molecule has 0 atom stereocenters. The van der Waals surface area contributed by atoms with Gasteiger partial charge in [-0.05, 0) is 62.3 Å². The molecule has 2 saturated heterocycles. The third-order valence-electron chi connectivity index (χ3n) is 6.66. The van der Waals surface area contributed by atoms with Crippen LogP contribution in [0, 0.1) is 5.82 Å². The second kappa shape index (κ2) is 13.8. The van der Waals surface area contributed by atoms with Crippen LogP contribution >= 0.6 is 0 Å². The van der Waals surface area contributed by atoms with E-state index in [1.165, 1.54) is 12.5 Å². The first-order valence-electron chi connectivity index (χ1n) is 13.4. The molecule has 0 radical (unpaired) electrons. The van der Waals surface area contributed by atoms with Crippen molar-refractivity contribution in [3.8, 4) is 0 Å². The van der Waals surface area contributed by atoms with E-state index in [2.05, 4.69) is 10.1 Å². The number of hydrogen-bond acceptors (Lipinski definition) is 3. The van der Waals surface area contributed by atoms with Gasteiger partial charge in [0, 0.05) is 56.9 Å². The molecule has 8 heteroatoms. The highest BCUT2D eigenvalue weighted by atomic mass is 19.1. The number of H-pyrrole nitrogens is 1. The number of likely N-dealkylation sites (tertiary alicyclic amines) is 2. The van der Waals surface area contributed by atoms with Crippen molar-refractivity contribution in [2.24, 2.45) is 0 Å². The predicted octanol–water partition coefficient (Wildman–Crippen LogP) is 5.42. The molecule has 2 aromatic heterocycles. The van der Waals surface area contributed by atoms with E-state index < -0.39 is 0 Å². The van der Waals surface area contributed by atoms with Gasteiger partial charge in [-0.3, -0.25) is 14.3 Å². The molecule has 3 aromatic rings. The Hall–Kier alpha value is -3.16. The number of aromatic amines is 1. The summed E-state index contributed by atoms with van der Waals surface area (Å²) < 4.78 is 15.6. The number of aromatic nitrogens is 3. The SMILES string of the molecule is CC.CCc1ccc(F)c2[nH]c(C(=O)N3CCCC3)cc12.O=C(CCn1cccn1)N1CCCCC1. The Labute approximate surface area is 213 Å². The Morgan fingerprint density at radius 2 is 1.67 bits per heavy atom. The monoisotopic (exact) mass is 497 g/mol. The normalized spacial score (nSPS) is 15.2. The smallest absolute Gasteiger partial charge is 0.270 e. The molecule has 7 nitrogen and oxygen atoms in total. The molecule has 0 aliphatic carbocycles. The summed E-state index contributed by atoms with van der Waals surface area (Å²) >= 11 is 0. The molecule has 36 heavy (non-hydrogen) atoms. The number of carbonyl (C=O) groups is 2. The molecule has 2 aliphatic rings. The molecule has 2 aliphatic heterocycles. The van der Waals surface area contributed by atoms with Gasteiger partial charge in [0.1, 0.15) is 11.5 Å². The van der Waals surface area contributed by atoms with E-state index in [1.807, 2.05) is 47.5 Å². The lowest BCUT2D eigenvalue weighted by atomic mass is 10.1. The van der Waals surface area contributed by atoms with Crippen LogP contribution in [0.1, 0.15) is 75.3 Å². The lowest BCUT2D eigenvalue weighted by Gasteiger charge is -2.26. The van der Waals surface area contributed by atoms with Crippen LogP contribution in [0.3, 0.4) is 0 Å². The number of rotatable bonds is 5. The topological polar surface area (TPSA) is 74.2 Å². The van der Waals surface area contributed by atoms with Crippen molar-refractivity contribution in [2.45, 2.75) is 72.3 Å². The zero-order valence-corrected chi connectivity index (χ0v) is 21.9. The summed E-state index contributed by atoms with van der Waals surface area (Å²) in [6.45, 7) is 10.2. The van der Waals surface area contributed by atoms with Crippen LogP contribution in [0.25, 0.3) is 10.9 Å². The van der Waals surface area contributed by atoms with Crippen molar-refractivity contribution in [1.29, 1.82) is 0 Å². The molecule has 4 heterocycles. The molecule has 0 unspecified atom stereocenters. The number of benzene rings is 1. The molecule has 0 bridgehead atoms. The molecule has 2 amide bonds. The van der Waals surface area contributed by atoms with Crippen LogP contribution in [-0.4, -0.2) is 62.6 Å². The number of hydrogen-bond donors (Lipinski definition) is 1. The van der Waals surface area contributed by atoms with Gasteiger partial charge in [-0.1, -0.05) is 26.8 Å². The number of carbonyl (C=O) groups excluding carboxylic acids is 2. The molecule has 0 saturated carbocycles. The molecular weight excluding hydrogens is 457 g/mol. The first kappa shape index (κ1) is 27.4. The van der Waals surface area contributed by atoms with Crippen LogP contribution < -0.4 is 0 Å². The van der Waals surface area contributed by atoms with Crippen molar-refractivity contribution >= 4 is 22.7 Å². The van der Waals surface area contributed by atoms with Crippen LogP contribution in [-0.2, 0) is 17.8 Å². The van der Waals surface area contributed by atoms with Crippen LogP contribution in [0.15, 0.2) is 36.7 Å². The van der Waals surface area contributed by atoms with Crippen LogP contribution in [0.2, 0.25) is 0 Å². The molecule has 0 spiro atoms. The predicted molar refractivity (Wildman–Crippen MR) is 141 cm³/mol. The summed E-state index contributed by atoms with van der Waals surface area (Å²) in [4.78, 5) is 30.8. The number of halogens is 1. The average Bonchev–Trinajstić information content (AvgIpc) is 3.71. The highest BCUT2D eigenvalue weighted by Crippen LogP contribution is 2.24. The second-order valence-electron chi connectivity index (χ2n) is 8.99. The fourth-order valence-electron chi connectivity index (χ4n) is 4.70. The van der Waals surface area contributed by atoms with Gasteiger partial charge in [-0.25, -0.2) is 4.39 Å². The second-order valence-corrected chi connectivity index (χ2v) is 8.99. The Balaban J connectivity index is 0.000000193. The Bertz CT molecular complexity index is 1100. The lowest BCUT2D eigenvalue weighted by molar-refractivity contribution is -0.132. The largest absolute Gasteiger partial charge is 0.348 e. The van der Waals surface area contributed by atoms with Crippen molar-refractivity contribution in [2.75, 3.05) is 26.2 Å². The summed E-state index contributed by atoms with van der Waals surface area (Å²) in [6, 6.07) is 6.92. The maximum atomic E-state index is 13.8. The minimum absolute atomic E-state index is 0.0184.